The van der Waals surface area contributed by atoms with Crippen LogP contribution in [0.25, 0.3) is 0 Å². The zero-order chi connectivity index (χ0) is 10.0. The van der Waals surface area contributed by atoms with Crippen molar-refractivity contribution in [2.24, 2.45) is 0 Å². The number of nitrogens with one attached hydrogen (secondary N) is 1. The van der Waals surface area contributed by atoms with E-state index in [4.69, 9.17) is 5.26 Å². The van der Waals surface area contributed by atoms with Gasteiger partial charge in [-0.15, -0.1) is 0 Å². The van der Waals surface area contributed by atoms with E-state index < -0.39 is 17.5 Å². The summed E-state index contributed by atoms with van der Waals surface area (Å²) in [6.07, 6.45) is -1.74. The van der Waals surface area contributed by atoms with Gasteiger partial charge >= 0.3 is 0 Å². The molecule has 0 aliphatic rings. The minimum absolute atomic E-state index is 0.0128. The number of hydrogen-bond donors (Lipinski definition) is 1. The molecule has 0 aliphatic heterocycles. The fourth-order valence-electron chi connectivity index (χ4n) is 0.800. The number of aromatic amines is 1. The Morgan fingerprint density at radius 1 is 1.62 bits per heavy atom. The lowest BCUT2D eigenvalue weighted by molar-refractivity contribution is 0.148. The molecule has 0 bridgehead atoms. The Hall–Kier alpha value is -0.970. The molecule has 0 fully saturated rings. The van der Waals surface area contributed by atoms with Crippen LogP contribution in [0.15, 0.2) is 11.0 Å². The highest BCUT2D eigenvalue weighted by molar-refractivity contribution is 14.1. The molecule has 0 radical (unpaired) electrons. The first kappa shape index (κ1) is 10.1. The van der Waals surface area contributed by atoms with E-state index in [2.05, 4.69) is 4.98 Å². The number of nitrogens with zero attached hydrogens (tertiary/aromatic N) is 1. The molecule has 0 aromatic carbocycles. The first-order valence-electron chi connectivity index (χ1n) is 3.17. The quantitative estimate of drug-likeness (QED) is 0.803. The van der Waals surface area contributed by atoms with Crippen molar-refractivity contribution in [3.05, 3.63) is 31.2 Å². The van der Waals surface area contributed by atoms with E-state index in [1.54, 1.807) is 28.7 Å². The number of alkyl halides is 2. The summed E-state index contributed by atoms with van der Waals surface area (Å²) in [4.78, 5) is 13.0. The molecule has 0 atom stereocenters. The number of nitriles is 1. The van der Waals surface area contributed by atoms with Gasteiger partial charge in [-0.25, -0.2) is 8.78 Å². The van der Waals surface area contributed by atoms with Gasteiger partial charge in [0.15, 0.2) is 0 Å². The molecular weight excluding hydrogens is 293 g/mol. The molecule has 0 spiro atoms. The van der Waals surface area contributed by atoms with Crippen molar-refractivity contribution >= 4 is 22.6 Å². The number of aromatic nitrogens is 1. The summed E-state index contributed by atoms with van der Waals surface area (Å²) in [6, 6.07) is 1.71. The van der Waals surface area contributed by atoms with E-state index in [1.807, 2.05) is 0 Å². The highest BCUT2D eigenvalue weighted by Crippen LogP contribution is 2.22. The zero-order valence-corrected chi connectivity index (χ0v) is 8.30. The second-order valence-corrected chi connectivity index (χ2v) is 3.25. The molecule has 68 valence electrons. The van der Waals surface area contributed by atoms with E-state index in [9.17, 15) is 13.6 Å². The van der Waals surface area contributed by atoms with Gasteiger partial charge in [0.05, 0.1) is 11.1 Å². The molecule has 0 aliphatic carbocycles. The first-order chi connectivity index (χ1) is 6.07. The maximum absolute atomic E-state index is 12.3. The summed E-state index contributed by atoms with van der Waals surface area (Å²) >= 11 is 1.56. The van der Waals surface area contributed by atoms with Gasteiger partial charge in [0.1, 0.15) is 6.07 Å². The van der Waals surface area contributed by atoms with Gasteiger partial charge in [-0.1, -0.05) is 0 Å². The van der Waals surface area contributed by atoms with E-state index in [-0.39, 0.29) is 9.13 Å². The molecule has 1 aromatic heterocycles. The number of halogens is 3. The third-order valence-electron chi connectivity index (χ3n) is 1.40. The Labute approximate surface area is 85.5 Å². The van der Waals surface area contributed by atoms with Crippen LogP contribution in [0.3, 0.4) is 0 Å². The van der Waals surface area contributed by atoms with Gasteiger partial charge in [0, 0.05) is 9.77 Å². The lowest BCUT2D eigenvalue weighted by Crippen LogP contribution is -2.15. The smallest absolute Gasteiger partial charge is 0.270 e. The molecule has 1 rings (SSSR count). The molecule has 6 heteroatoms. The summed E-state index contributed by atoms with van der Waals surface area (Å²) in [5, 5.41) is 8.49. The average Bonchev–Trinajstić information content (AvgIpc) is 2.04. The van der Waals surface area contributed by atoms with Crippen molar-refractivity contribution in [1.29, 1.82) is 5.26 Å². The lowest BCUT2D eigenvalue weighted by atomic mass is 10.2. The Kier molecular flexibility index (Phi) is 2.98. The summed E-state index contributed by atoms with van der Waals surface area (Å²) in [5.74, 6) is 0. The summed E-state index contributed by atoms with van der Waals surface area (Å²) in [7, 11) is 0. The average molecular weight is 296 g/mol. The van der Waals surface area contributed by atoms with Crippen molar-refractivity contribution in [2.75, 3.05) is 0 Å². The van der Waals surface area contributed by atoms with Crippen LogP contribution >= 0.6 is 22.6 Å². The first-order valence-corrected chi connectivity index (χ1v) is 4.25. The van der Waals surface area contributed by atoms with Crippen LogP contribution < -0.4 is 5.56 Å². The normalized spacial score (nSPS) is 10.1. The molecular formula is C7H3F2IN2O. The molecule has 3 nitrogen and oxygen atoms in total. The summed E-state index contributed by atoms with van der Waals surface area (Å²) < 4.78 is 24.6. The van der Waals surface area contributed by atoms with Crippen molar-refractivity contribution in [3.63, 3.8) is 0 Å². The van der Waals surface area contributed by atoms with Gasteiger partial charge in [-0.3, -0.25) is 4.79 Å². The maximum Gasteiger partial charge on any atom is 0.270 e. The highest BCUT2D eigenvalue weighted by atomic mass is 127. The van der Waals surface area contributed by atoms with Gasteiger partial charge in [0.25, 0.3) is 12.0 Å². The van der Waals surface area contributed by atoms with Gasteiger partial charge in [-0.05, 0) is 22.6 Å². The van der Waals surface area contributed by atoms with Crippen LogP contribution in [0.2, 0.25) is 0 Å². The molecule has 1 N–H and O–H groups in total. The topological polar surface area (TPSA) is 56.6 Å². The van der Waals surface area contributed by atoms with E-state index in [1.165, 1.54) is 0 Å². The second-order valence-electron chi connectivity index (χ2n) is 2.17. The van der Waals surface area contributed by atoms with Crippen molar-refractivity contribution < 1.29 is 8.78 Å². The Morgan fingerprint density at radius 3 is 2.69 bits per heavy atom. The third kappa shape index (κ3) is 1.85. The van der Waals surface area contributed by atoms with Crippen LogP contribution in [-0.4, -0.2) is 4.98 Å². The predicted molar refractivity (Wildman–Crippen MR) is 49.5 cm³/mol. The summed E-state index contributed by atoms with van der Waals surface area (Å²) in [5.41, 5.74) is -1.44. The van der Waals surface area contributed by atoms with Crippen LogP contribution in [0.5, 0.6) is 0 Å². The Morgan fingerprint density at radius 2 is 2.23 bits per heavy atom. The second kappa shape index (κ2) is 3.83. The van der Waals surface area contributed by atoms with Crippen molar-refractivity contribution in [3.8, 4) is 6.07 Å². The fraction of sp³-hybridized carbons (Fsp3) is 0.143. The molecule has 1 aromatic rings. The van der Waals surface area contributed by atoms with Crippen molar-refractivity contribution in [2.45, 2.75) is 6.43 Å². The largest absolute Gasteiger partial charge is 0.327 e. The van der Waals surface area contributed by atoms with Gasteiger partial charge in [-0.2, -0.15) is 5.26 Å². The third-order valence-corrected chi connectivity index (χ3v) is 2.57. The van der Waals surface area contributed by atoms with E-state index in [0.29, 0.717) is 0 Å². The predicted octanol–water partition coefficient (Wildman–Crippen LogP) is 1.79. The van der Waals surface area contributed by atoms with Crippen LogP contribution in [0, 0.1) is 14.9 Å². The lowest BCUT2D eigenvalue weighted by Gasteiger charge is -2.02. The van der Waals surface area contributed by atoms with Crippen LogP contribution in [0.1, 0.15) is 17.6 Å². The minimum atomic E-state index is -2.86. The maximum atomic E-state index is 12.3. The van der Waals surface area contributed by atoms with Crippen LogP contribution in [-0.2, 0) is 0 Å². The zero-order valence-electron chi connectivity index (χ0n) is 6.14. The standard InChI is InChI=1S/C7H3F2IN2O/c8-6(9)4-5(10)3(1-11)2-12-7(4)13/h2,6H,(H,12,13). The van der Waals surface area contributed by atoms with Gasteiger partial charge in [0.2, 0.25) is 0 Å². The Bertz CT molecular complexity index is 421. The number of hydrogen-bond acceptors (Lipinski definition) is 2. The summed E-state index contributed by atoms with van der Waals surface area (Å²) in [6.45, 7) is 0. The highest BCUT2D eigenvalue weighted by Gasteiger charge is 2.18. The minimum Gasteiger partial charge on any atom is -0.327 e. The number of pyridine rings is 1. The van der Waals surface area contributed by atoms with E-state index >= 15 is 0 Å². The van der Waals surface area contributed by atoms with Crippen molar-refractivity contribution in [1.82, 2.24) is 4.98 Å². The van der Waals surface area contributed by atoms with Gasteiger partial charge < -0.3 is 4.98 Å². The SMILES string of the molecule is N#Cc1c[nH]c(=O)c(C(F)F)c1I. The van der Waals surface area contributed by atoms with Crippen LogP contribution in [0.4, 0.5) is 8.78 Å². The monoisotopic (exact) mass is 296 g/mol. The Balaban J connectivity index is 3.50. The molecule has 0 saturated heterocycles. The number of H-pyrrole nitrogens is 1. The van der Waals surface area contributed by atoms with E-state index in [0.717, 1.165) is 6.20 Å². The fourth-order valence-corrected chi connectivity index (χ4v) is 1.56. The molecule has 0 unspecified atom stereocenters. The molecule has 0 amide bonds. The molecule has 13 heavy (non-hydrogen) atoms. The molecule has 0 saturated carbocycles. The number of rotatable bonds is 1. The molecule has 1 heterocycles.